The predicted octanol–water partition coefficient (Wildman–Crippen LogP) is 3.31. The summed E-state index contributed by atoms with van der Waals surface area (Å²) in [6, 6.07) is 8.21. The maximum absolute atomic E-state index is 13.0. The molecule has 0 unspecified atom stereocenters. The van der Waals surface area contributed by atoms with Crippen molar-refractivity contribution in [3.8, 4) is 11.5 Å². The van der Waals surface area contributed by atoms with Gasteiger partial charge in [-0.05, 0) is 43.5 Å². The topological polar surface area (TPSA) is 123 Å². The third-order valence-electron chi connectivity index (χ3n) is 5.23. The Labute approximate surface area is 192 Å². The number of hydrogen-bond donors (Lipinski definition) is 2. The van der Waals surface area contributed by atoms with Gasteiger partial charge in [-0.1, -0.05) is 0 Å². The summed E-state index contributed by atoms with van der Waals surface area (Å²) in [5.41, 5.74) is 0.414. The van der Waals surface area contributed by atoms with Crippen molar-refractivity contribution in [2.75, 3.05) is 44.5 Å². The third-order valence-corrected chi connectivity index (χ3v) is 6.61. The Bertz CT molecular complexity index is 1110. The predicted molar refractivity (Wildman–Crippen MR) is 123 cm³/mol. The van der Waals surface area contributed by atoms with Crippen molar-refractivity contribution in [1.29, 1.82) is 0 Å². The molecule has 3 rings (SSSR count). The number of urea groups is 1. The van der Waals surface area contributed by atoms with E-state index < -0.39 is 16.0 Å². The SMILES string of the molecule is COC(=O)c1cc(OC)c(OC)cc1NS(=O)(=O)c1ccc(NC(=O)N2CCCCC2)cc1. The second kappa shape index (κ2) is 10.4. The molecule has 1 saturated heterocycles. The summed E-state index contributed by atoms with van der Waals surface area (Å²) in [6.07, 6.45) is 3.06. The zero-order valence-electron chi connectivity index (χ0n) is 18.7. The van der Waals surface area contributed by atoms with E-state index in [-0.39, 0.29) is 33.7 Å². The van der Waals surface area contributed by atoms with E-state index in [1.54, 1.807) is 4.90 Å². The Morgan fingerprint density at radius 3 is 2.09 bits per heavy atom. The standard InChI is InChI=1S/C22H27N3O7S/c1-30-19-13-17(21(26)32-3)18(14-20(19)31-2)24-33(28,29)16-9-7-15(8-10-16)23-22(27)25-11-5-4-6-12-25/h7-10,13-14,24H,4-6,11-12H2,1-3H3,(H,23,27). The Balaban J connectivity index is 1.81. The number of rotatable bonds is 7. The molecule has 178 valence electrons. The monoisotopic (exact) mass is 477 g/mol. The number of methoxy groups -OCH3 is 3. The van der Waals surface area contributed by atoms with Crippen LogP contribution in [0.5, 0.6) is 11.5 Å². The number of ether oxygens (including phenoxy) is 3. The van der Waals surface area contributed by atoms with Gasteiger partial charge in [-0.15, -0.1) is 0 Å². The first-order valence-corrected chi connectivity index (χ1v) is 11.8. The molecular formula is C22H27N3O7S. The lowest BCUT2D eigenvalue weighted by Crippen LogP contribution is -2.38. The van der Waals surface area contributed by atoms with Crippen LogP contribution >= 0.6 is 0 Å². The Morgan fingerprint density at radius 2 is 1.52 bits per heavy atom. The second-order valence-corrected chi connectivity index (χ2v) is 9.03. The summed E-state index contributed by atoms with van der Waals surface area (Å²) in [5.74, 6) is -0.266. The fourth-order valence-corrected chi connectivity index (χ4v) is 4.53. The highest BCUT2D eigenvalue weighted by molar-refractivity contribution is 7.92. The van der Waals surface area contributed by atoms with Gasteiger partial charge in [-0.25, -0.2) is 18.0 Å². The molecule has 2 N–H and O–H groups in total. The number of nitrogens with zero attached hydrogens (tertiary/aromatic N) is 1. The van der Waals surface area contributed by atoms with Gasteiger partial charge in [0.1, 0.15) is 0 Å². The van der Waals surface area contributed by atoms with Gasteiger partial charge >= 0.3 is 12.0 Å². The minimum Gasteiger partial charge on any atom is -0.493 e. The van der Waals surface area contributed by atoms with Crippen molar-refractivity contribution in [3.05, 3.63) is 42.0 Å². The summed E-state index contributed by atoms with van der Waals surface area (Å²) in [7, 11) is -0.0855. The highest BCUT2D eigenvalue weighted by atomic mass is 32.2. The number of nitrogens with one attached hydrogen (secondary N) is 2. The quantitative estimate of drug-likeness (QED) is 0.587. The van der Waals surface area contributed by atoms with Gasteiger partial charge in [0, 0.05) is 30.9 Å². The maximum atomic E-state index is 13.0. The normalized spacial score (nSPS) is 13.7. The number of likely N-dealkylation sites (tertiary alicyclic amines) is 1. The van der Waals surface area contributed by atoms with Gasteiger partial charge in [-0.3, -0.25) is 4.72 Å². The Kier molecular flexibility index (Phi) is 7.64. The molecule has 0 radical (unpaired) electrons. The first-order chi connectivity index (χ1) is 15.8. The van der Waals surface area contributed by atoms with Gasteiger partial charge in [0.15, 0.2) is 11.5 Å². The molecule has 0 aliphatic carbocycles. The molecule has 0 bridgehead atoms. The van der Waals surface area contributed by atoms with Crippen LogP contribution in [0.3, 0.4) is 0 Å². The van der Waals surface area contributed by atoms with Crippen LogP contribution in [0.1, 0.15) is 29.6 Å². The number of benzene rings is 2. The average Bonchev–Trinajstić information content (AvgIpc) is 2.83. The van der Waals surface area contributed by atoms with E-state index in [2.05, 4.69) is 10.0 Å². The number of piperidine rings is 1. The van der Waals surface area contributed by atoms with Crippen molar-refractivity contribution in [2.45, 2.75) is 24.2 Å². The summed E-state index contributed by atoms with van der Waals surface area (Å²) < 4.78 is 43.5. The van der Waals surface area contributed by atoms with Gasteiger partial charge in [0.05, 0.1) is 37.5 Å². The van der Waals surface area contributed by atoms with E-state index in [1.165, 1.54) is 57.7 Å². The van der Waals surface area contributed by atoms with Crippen LogP contribution in [0, 0.1) is 0 Å². The second-order valence-electron chi connectivity index (χ2n) is 7.35. The maximum Gasteiger partial charge on any atom is 0.340 e. The molecule has 1 aliphatic heterocycles. The van der Waals surface area contributed by atoms with Crippen LogP contribution in [-0.2, 0) is 14.8 Å². The van der Waals surface area contributed by atoms with Crippen molar-refractivity contribution in [3.63, 3.8) is 0 Å². The molecule has 1 heterocycles. The van der Waals surface area contributed by atoms with Crippen molar-refractivity contribution < 1.29 is 32.2 Å². The van der Waals surface area contributed by atoms with Gasteiger partial charge in [0.25, 0.3) is 10.0 Å². The zero-order chi connectivity index (χ0) is 24.0. The minimum absolute atomic E-state index is 0.0259. The van der Waals surface area contributed by atoms with E-state index >= 15 is 0 Å². The fourth-order valence-electron chi connectivity index (χ4n) is 3.46. The first kappa shape index (κ1) is 24.2. The van der Waals surface area contributed by atoms with E-state index in [1.807, 2.05) is 0 Å². The molecule has 1 fully saturated rings. The number of hydrogen-bond acceptors (Lipinski definition) is 7. The van der Waals surface area contributed by atoms with E-state index in [0.29, 0.717) is 18.8 Å². The number of sulfonamides is 1. The minimum atomic E-state index is -4.07. The van der Waals surface area contributed by atoms with Gasteiger partial charge in [0.2, 0.25) is 0 Å². The highest BCUT2D eigenvalue weighted by Crippen LogP contribution is 2.35. The summed E-state index contributed by atoms with van der Waals surface area (Å²) in [4.78, 5) is 26.2. The summed E-state index contributed by atoms with van der Waals surface area (Å²) in [6.45, 7) is 1.41. The smallest absolute Gasteiger partial charge is 0.340 e. The summed E-state index contributed by atoms with van der Waals surface area (Å²) >= 11 is 0. The molecule has 2 amide bonds. The number of amides is 2. The van der Waals surface area contributed by atoms with Crippen LogP contribution in [0.25, 0.3) is 0 Å². The number of carbonyl (C=O) groups excluding carboxylic acids is 2. The van der Waals surface area contributed by atoms with Crippen molar-refractivity contribution in [2.24, 2.45) is 0 Å². The molecule has 2 aromatic rings. The average molecular weight is 478 g/mol. The number of esters is 1. The molecule has 11 heteroatoms. The van der Waals surface area contributed by atoms with Gasteiger partial charge in [-0.2, -0.15) is 0 Å². The van der Waals surface area contributed by atoms with Crippen LogP contribution in [0.15, 0.2) is 41.3 Å². The van der Waals surface area contributed by atoms with Crippen molar-refractivity contribution in [1.82, 2.24) is 4.90 Å². The lowest BCUT2D eigenvalue weighted by Gasteiger charge is -2.26. The van der Waals surface area contributed by atoms with Crippen LogP contribution in [0.2, 0.25) is 0 Å². The van der Waals surface area contributed by atoms with Gasteiger partial charge < -0.3 is 24.4 Å². The number of carbonyl (C=O) groups is 2. The highest BCUT2D eigenvalue weighted by Gasteiger charge is 2.23. The summed E-state index contributed by atoms with van der Waals surface area (Å²) in [5, 5.41) is 2.78. The zero-order valence-corrected chi connectivity index (χ0v) is 19.5. The molecule has 10 nitrogen and oxygen atoms in total. The molecular weight excluding hydrogens is 450 g/mol. The van der Waals surface area contributed by atoms with Crippen LogP contribution < -0.4 is 19.5 Å². The van der Waals surface area contributed by atoms with E-state index in [0.717, 1.165) is 19.3 Å². The molecule has 33 heavy (non-hydrogen) atoms. The lowest BCUT2D eigenvalue weighted by atomic mass is 10.1. The lowest BCUT2D eigenvalue weighted by molar-refractivity contribution is 0.0601. The fraction of sp³-hybridized carbons (Fsp3) is 0.364. The molecule has 2 aromatic carbocycles. The molecule has 0 aromatic heterocycles. The largest absolute Gasteiger partial charge is 0.493 e. The first-order valence-electron chi connectivity index (χ1n) is 10.3. The number of anilines is 2. The third kappa shape index (κ3) is 5.67. The molecule has 0 saturated carbocycles. The van der Waals surface area contributed by atoms with E-state index in [4.69, 9.17) is 14.2 Å². The van der Waals surface area contributed by atoms with Crippen LogP contribution in [-0.4, -0.2) is 59.7 Å². The van der Waals surface area contributed by atoms with Crippen LogP contribution in [0.4, 0.5) is 16.2 Å². The molecule has 0 spiro atoms. The Hall–Kier alpha value is -3.47. The molecule has 0 atom stereocenters. The Morgan fingerprint density at radius 1 is 0.909 bits per heavy atom. The van der Waals surface area contributed by atoms with E-state index in [9.17, 15) is 18.0 Å². The van der Waals surface area contributed by atoms with Crippen molar-refractivity contribution >= 4 is 33.4 Å². The molecule has 1 aliphatic rings.